The molecule has 32 heavy (non-hydrogen) atoms. The number of rotatable bonds is 6. The first kappa shape index (κ1) is 22.4. The molecule has 0 spiro atoms. The number of halogens is 1. The molecule has 0 aromatic heterocycles. The Kier molecular flexibility index (Phi) is 7.15. The van der Waals surface area contributed by atoms with E-state index in [2.05, 4.69) is 4.99 Å². The van der Waals surface area contributed by atoms with E-state index in [4.69, 9.17) is 9.47 Å². The van der Waals surface area contributed by atoms with Gasteiger partial charge in [0.25, 0.3) is 5.91 Å². The van der Waals surface area contributed by atoms with Crippen molar-refractivity contribution in [2.24, 2.45) is 4.99 Å². The largest absolute Gasteiger partial charge is 0.493 e. The van der Waals surface area contributed by atoms with Crippen LogP contribution in [0.5, 0.6) is 11.5 Å². The molecule has 4 rings (SSSR count). The Labute approximate surface area is 192 Å². The molecule has 7 heteroatoms. The van der Waals surface area contributed by atoms with E-state index in [-0.39, 0.29) is 17.6 Å². The van der Waals surface area contributed by atoms with Crippen molar-refractivity contribution in [1.29, 1.82) is 0 Å². The number of ether oxygens (including phenoxy) is 2. The maximum Gasteiger partial charge on any atom is 0.267 e. The summed E-state index contributed by atoms with van der Waals surface area (Å²) in [6.07, 6.45) is 7.06. The molecule has 0 radical (unpaired) electrons. The average molecular weight is 455 g/mol. The molecule has 0 unspecified atom stereocenters. The lowest BCUT2D eigenvalue weighted by molar-refractivity contribution is -0.124. The summed E-state index contributed by atoms with van der Waals surface area (Å²) in [6, 6.07) is 12.1. The molecule has 1 aliphatic heterocycles. The number of carbonyl (C=O) groups is 1. The van der Waals surface area contributed by atoms with Gasteiger partial charge in [0.2, 0.25) is 0 Å². The fourth-order valence-electron chi connectivity index (χ4n) is 4.07. The van der Waals surface area contributed by atoms with Gasteiger partial charge in [0, 0.05) is 6.04 Å². The van der Waals surface area contributed by atoms with Crippen molar-refractivity contribution in [3.63, 3.8) is 0 Å². The molecule has 0 N–H and O–H groups in total. The maximum atomic E-state index is 14.3. The molecule has 2 fully saturated rings. The van der Waals surface area contributed by atoms with Gasteiger partial charge >= 0.3 is 0 Å². The number of para-hydroxylation sites is 1. The van der Waals surface area contributed by atoms with Crippen LogP contribution in [-0.2, 0) is 4.79 Å². The first-order valence-electron chi connectivity index (χ1n) is 11.0. The molecule has 1 saturated carbocycles. The van der Waals surface area contributed by atoms with Crippen LogP contribution in [0.4, 0.5) is 10.1 Å². The zero-order valence-corrected chi connectivity index (χ0v) is 19.2. The third-order valence-electron chi connectivity index (χ3n) is 5.63. The van der Waals surface area contributed by atoms with E-state index in [0.717, 1.165) is 31.2 Å². The second kappa shape index (κ2) is 10.2. The minimum Gasteiger partial charge on any atom is -0.493 e. The number of benzene rings is 2. The minimum atomic E-state index is -0.398. The molecule has 1 saturated heterocycles. The van der Waals surface area contributed by atoms with Crippen LogP contribution < -0.4 is 9.47 Å². The highest BCUT2D eigenvalue weighted by Gasteiger charge is 2.38. The first-order chi connectivity index (χ1) is 15.6. The van der Waals surface area contributed by atoms with Gasteiger partial charge in [-0.3, -0.25) is 9.69 Å². The van der Waals surface area contributed by atoms with Gasteiger partial charge in [-0.2, -0.15) is 0 Å². The number of thioether (sulfide) groups is 1. The summed E-state index contributed by atoms with van der Waals surface area (Å²) in [5.41, 5.74) is 1.07. The molecule has 1 heterocycles. The standard InChI is InChI=1S/C25H27FN2O3S/c1-3-31-21-14-13-17(15-22(21)30-2)16-23-24(29)28(18-9-5-4-6-10-18)25(32-23)27-20-12-8-7-11-19(20)26/h7-8,11-16,18H,3-6,9-10H2,1-2H3/b23-16-,27-25?. The van der Waals surface area contributed by atoms with E-state index in [1.807, 2.05) is 31.2 Å². The average Bonchev–Trinajstić information content (AvgIpc) is 3.11. The number of hydrogen-bond donors (Lipinski definition) is 0. The minimum absolute atomic E-state index is 0.0789. The van der Waals surface area contributed by atoms with E-state index < -0.39 is 5.82 Å². The Morgan fingerprint density at radius 3 is 2.66 bits per heavy atom. The van der Waals surface area contributed by atoms with Gasteiger partial charge in [0.05, 0.1) is 18.6 Å². The lowest BCUT2D eigenvalue weighted by Crippen LogP contribution is -2.40. The number of aliphatic imine (C=N–C) groups is 1. The third kappa shape index (κ3) is 4.83. The topological polar surface area (TPSA) is 51.1 Å². The predicted octanol–water partition coefficient (Wildman–Crippen LogP) is 6.17. The smallest absolute Gasteiger partial charge is 0.267 e. The fourth-order valence-corrected chi connectivity index (χ4v) is 5.12. The van der Waals surface area contributed by atoms with Crippen molar-refractivity contribution in [2.75, 3.05) is 13.7 Å². The zero-order valence-electron chi connectivity index (χ0n) is 18.3. The lowest BCUT2D eigenvalue weighted by atomic mass is 9.94. The lowest BCUT2D eigenvalue weighted by Gasteiger charge is -2.30. The van der Waals surface area contributed by atoms with Crippen molar-refractivity contribution in [3.05, 3.63) is 58.8 Å². The fraction of sp³-hybridized carbons (Fsp3) is 0.360. The van der Waals surface area contributed by atoms with E-state index in [1.54, 1.807) is 30.2 Å². The Balaban J connectivity index is 1.69. The van der Waals surface area contributed by atoms with E-state index in [0.29, 0.717) is 28.2 Å². The van der Waals surface area contributed by atoms with Crippen molar-refractivity contribution < 1.29 is 18.7 Å². The summed E-state index contributed by atoms with van der Waals surface area (Å²) in [5.74, 6) is 0.796. The molecule has 5 nitrogen and oxygen atoms in total. The molecule has 1 amide bonds. The second-order valence-corrected chi connectivity index (χ2v) is 8.78. The summed E-state index contributed by atoms with van der Waals surface area (Å²) in [5, 5.41) is 0.538. The quantitative estimate of drug-likeness (QED) is 0.490. The number of methoxy groups -OCH3 is 1. The van der Waals surface area contributed by atoms with Crippen molar-refractivity contribution >= 4 is 34.6 Å². The molecule has 0 bridgehead atoms. The molecular weight excluding hydrogens is 427 g/mol. The number of amidine groups is 1. The highest BCUT2D eigenvalue weighted by atomic mass is 32.2. The molecule has 1 aliphatic carbocycles. The van der Waals surface area contributed by atoms with E-state index in [1.165, 1.54) is 24.2 Å². The normalized spacial score (nSPS) is 19.7. The summed E-state index contributed by atoms with van der Waals surface area (Å²) in [6.45, 7) is 2.46. The van der Waals surface area contributed by atoms with Crippen molar-refractivity contribution in [3.8, 4) is 11.5 Å². The van der Waals surface area contributed by atoms with Gasteiger partial charge in [-0.05, 0) is 67.4 Å². The van der Waals surface area contributed by atoms with Crippen LogP contribution in [0.25, 0.3) is 6.08 Å². The van der Waals surface area contributed by atoms with Crippen LogP contribution in [0.1, 0.15) is 44.6 Å². The molecule has 168 valence electrons. The highest BCUT2D eigenvalue weighted by Crippen LogP contribution is 2.39. The summed E-state index contributed by atoms with van der Waals surface area (Å²) in [7, 11) is 1.59. The van der Waals surface area contributed by atoms with Crippen LogP contribution in [0, 0.1) is 5.82 Å². The molecule has 0 atom stereocenters. The van der Waals surface area contributed by atoms with Crippen LogP contribution in [0.2, 0.25) is 0 Å². The number of nitrogens with zero attached hydrogens (tertiary/aromatic N) is 2. The van der Waals surface area contributed by atoms with Crippen LogP contribution in [-0.4, -0.2) is 35.7 Å². The molecule has 2 aromatic carbocycles. The van der Waals surface area contributed by atoms with Gasteiger partial charge in [-0.1, -0.05) is 37.5 Å². The molecule has 2 aromatic rings. The third-order valence-corrected chi connectivity index (χ3v) is 6.61. The Morgan fingerprint density at radius 2 is 1.94 bits per heavy atom. The second-order valence-electron chi connectivity index (χ2n) is 7.77. The number of carbonyl (C=O) groups excluding carboxylic acids is 1. The van der Waals surface area contributed by atoms with E-state index in [9.17, 15) is 9.18 Å². The highest BCUT2D eigenvalue weighted by molar-refractivity contribution is 8.18. The van der Waals surface area contributed by atoms with Gasteiger partial charge in [-0.15, -0.1) is 0 Å². The van der Waals surface area contributed by atoms with Gasteiger partial charge in [0.1, 0.15) is 11.5 Å². The Bertz CT molecular complexity index is 1050. The molecular formula is C25H27FN2O3S. The summed E-state index contributed by atoms with van der Waals surface area (Å²) >= 11 is 1.30. The van der Waals surface area contributed by atoms with Crippen LogP contribution >= 0.6 is 11.8 Å². The zero-order chi connectivity index (χ0) is 22.5. The van der Waals surface area contributed by atoms with Gasteiger partial charge < -0.3 is 9.47 Å². The molecule has 2 aliphatic rings. The van der Waals surface area contributed by atoms with Gasteiger partial charge in [0.15, 0.2) is 16.7 Å². The predicted molar refractivity (Wildman–Crippen MR) is 127 cm³/mol. The van der Waals surface area contributed by atoms with Crippen molar-refractivity contribution in [2.45, 2.75) is 45.1 Å². The van der Waals surface area contributed by atoms with Gasteiger partial charge in [-0.25, -0.2) is 9.38 Å². The SMILES string of the molecule is CCOc1ccc(/C=C2\SC(=Nc3ccccc3F)N(C3CCCCC3)C2=O)cc1OC. The first-order valence-corrected chi connectivity index (χ1v) is 11.8. The van der Waals surface area contributed by atoms with E-state index >= 15 is 0 Å². The summed E-state index contributed by atoms with van der Waals surface area (Å²) in [4.78, 5) is 20.3. The number of amides is 1. The Morgan fingerprint density at radius 1 is 1.16 bits per heavy atom. The van der Waals surface area contributed by atoms with Crippen LogP contribution in [0.3, 0.4) is 0 Å². The monoisotopic (exact) mass is 454 g/mol. The van der Waals surface area contributed by atoms with Crippen LogP contribution in [0.15, 0.2) is 52.4 Å². The number of hydrogen-bond acceptors (Lipinski definition) is 5. The Hall–Kier alpha value is -2.80. The van der Waals surface area contributed by atoms with Crippen molar-refractivity contribution in [1.82, 2.24) is 4.90 Å². The summed E-state index contributed by atoms with van der Waals surface area (Å²) < 4.78 is 25.3. The maximum absolute atomic E-state index is 14.3.